The Balaban J connectivity index is 1.57. The second kappa shape index (κ2) is 6.74. The first-order valence-corrected chi connectivity index (χ1v) is 7.98. The van der Waals surface area contributed by atoms with Crippen molar-refractivity contribution < 1.29 is 14.3 Å². The number of esters is 1. The van der Waals surface area contributed by atoms with Crippen molar-refractivity contribution in [2.45, 2.75) is 26.2 Å². The van der Waals surface area contributed by atoms with Crippen LogP contribution in [0.4, 0.5) is 11.4 Å². The van der Waals surface area contributed by atoms with E-state index in [9.17, 15) is 9.59 Å². The van der Waals surface area contributed by atoms with Crippen LogP contribution < -0.4 is 11.1 Å². The van der Waals surface area contributed by atoms with Crippen molar-refractivity contribution in [3.05, 3.63) is 58.7 Å². The molecule has 2 aromatic carbocycles. The predicted molar refractivity (Wildman–Crippen MR) is 93.0 cm³/mol. The van der Waals surface area contributed by atoms with Crippen molar-refractivity contribution in [3.8, 4) is 0 Å². The molecule has 1 aliphatic carbocycles. The molecule has 0 aromatic heterocycles. The van der Waals surface area contributed by atoms with Gasteiger partial charge in [0.05, 0.1) is 5.56 Å². The monoisotopic (exact) mass is 324 g/mol. The molecule has 0 atom stereocenters. The number of para-hydroxylation sites is 1. The van der Waals surface area contributed by atoms with E-state index >= 15 is 0 Å². The number of rotatable bonds is 4. The summed E-state index contributed by atoms with van der Waals surface area (Å²) < 4.78 is 5.06. The van der Waals surface area contributed by atoms with Crippen LogP contribution in [0.1, 0.15) is 33.5 Å². The third-order valence-electron chi connectivity index (χ3n) is 4.26. The lowest BCUT2D eigenvalue weighted by molar-refractivity contribution is -0.119. The van der Waals surface area contributed by atoms with E-state index in [0.29, 0.717) is 5.69 Å². The van der Waals surface area contributed by atoms with E-state index in [2.05, 4.69) is 5.32 Å². The molecule has 0 aliphatic heterocycles. The fraction of sp³-hybridized carbons (Fsp3) is 0.263. The van der Waals surface area contributed by atoms with E-state index in [1.54, 1.807) is 12.1 Å². The number of nitrogen functional groups attached to an aromatic ring is 1. The average molecular weight is 324 g/mol. The minimum absolute atomic E-state index is 0.278. The van der Waals surface area contributed by atoms with E-state index < -0.39 is 5.97 Å². The van der Waals surface area contributed by atoms with Crippen molar-refractivity contribution in [2.75, 3.05) is 17.7 Å². The smallest absolute Gasteiger partial charge is 0.340 e. The van der Waals surface area contributed by atoms with Crippen LogP contribution in [0.25, 0.3) is 0 Å². The number of aryl methyl sites for hydroxylation is 3. The van der Waals surface area contributed by atoms with Crippen LogP contribution in [0.15, 0.2) is 36.4 Å². The maximum absolute atomic E-state index is 12.0. The number of nitrogens with two attached hydrogens (primary N) is 1. The molecule has 0 fully saturated rings. The van der Waals surface area contributed by atoms with E-state index in [1.165, 1.54) is 11.1 Å². The van der Waals surface area contributed by atoms with Gasteiger partial charge in [0.1, 0.15) is 0 Å². The van der Waals surface area contributed by atoms with Crippen LogP contribution >= 0.6 is 0 Å². The number of carbonyl (C=O) groups is 2. The number of fused-ring (bicyclic) bond motifs is 1. The Hall–Kier alpha value is -2.82. The molecule has 0 saturated heterocycles. The van der Waals surface area contributed by atoms with Gasteiger partial charge >= 0.3 is 5.97 Å². The summed E-state index contributed by atoms with van der Waals surface area (Å²) >= 11 is 0. The molecule has 24 heavy (non-hydrogen) atoms. The van der Waals surface area contributed by atoms with Crippen LogP contribution in [0.3, 0.4) is 0 Å². The Morgan fingerprint density at radius 3 is 2.79 bits per heavy atom. The molecule has 0 spiro atoms. The Morgan fingerprint density at radius 1 is 1.17 bits per heavy atom. The molecule has 2 aromatic rings. The summed E-state index contributed by atoms with van der Waals surface area (Å²) in [6.45, 7) is 1.47. The Kier molecular flexibility index (Phi) is 4.51. The zero-order chi connectivity index (χ0) is 17.1. The molecule has 0 radical (unpaired) electrons. The van der Waals surface area contributed by atoms with Gasteiger partial charge in [0, 0.05) is 11.4 Å². The van der Waals surface area contributed by atoms with Crippen LogP contribution in [-0.2, 0) is 22.4 Å². The summed E-state index contributed by atoms with van der Waals surface area (Å²) in [5.74, 6) is -0.965. The van der Waals surface area contributed by atoms with Gasteiger partial charge in [0.15, 0.2) is 6.61 Å². The highest BCUT2D eigenvalue weighted by Gasteiger charge is 2.15. The lowest BCUT2D eigenvalue weighted by atomic mass is 10.1. The summed E-state index contributed by atoms with van der Waals surface area (Å²) in [4.78, 5) is 24.0. The van der Waals surface area contributed by atoms with Crippen LogP contribution in [0.5, 0.6) is 0 Å². The summed E-state index contributed by atoms with van der Waals surface area (Å²) in [5, 5.41) is 2.76. The zero-order valence-electron chi connectivity index (χ0n) is 13.6. The standard InChI is InChI=1S/C19H20N2O3/c1-12-4-2-7-16(18(12)20)19(23)24-11-17(22)21-15-9-8-13-5-3-6-14(13)10-15/h2,4,7-10H,3,5-6,11,20H2,1H3,(H,21,22). The van der Waals surface area contributed by atoms with Crippen molar-refractivity contribution in [3.63, 3.8) is 0 Å². The fourth-order valence-corrected chi connectivity index (χ4v) is 2.91. The number of hydrogen-bond donors (Lipinski definition) is 2. The second-order valence-corrected chi connectivity index (χ2v) is 6.00. The summed E-state index contributed by atoms with van der Waals surface area (Å²) in [5.41, 5.74) is 10.7. The van der Waals surface area contributed by atoms with Crippen LogP contribution in [0.2, 0.25) is 0 Å². The lowest BCUT2D eigenvalue weighted by Crippen LogP contribution is -2.21. The molecule has 124 valence electrons. The fourth-order valence-electron chi connectivity index (χ4n) is 2.91. The van der Waals surface area contributed by atoms with Crippen LogP contribution in [0, 0.1) is 6.92 Å². The molecular weight excluding hydrogens is 304 g/mol. The first kappa shape index (κ1) is 16.1. The molecule has 0 bridgehead atoms. The van der Waals surface area contributed by atoms with Gasteiger partial charge in [-0.05, 0) is 61.1 Å². The molecule has 0 saturated carbocycles. The third kappa shape index (κ3) is 3.40. The topological polar surface area (TPSA) is 81.4 Å². The Morgan fingerprint density at radius 2 is 1.96 bits per heavy atom. The van der Waals surface area contributed by atoms with Gasteiger partial charge in [-0.2, -0.15) is 0 Å². The normalized spacial score (nSPS) is 12.5. The highest BCUT2D eigenvalue weighted by molar-refractivity contribution is 5.98. The number of amides is 1. The summed E-state index contributed by atoms with van der Waals surface area (Å²) in [6, 6.07) is 11.0. The SMILES string of the molecule is Cc1cccc(C(=O)OCC(=O)Nc2ccc3c(c2)CCC3)c1N. The average Bonchev–Trinajstić information content (AvgIpc) is 3.03. The zero-order valence-corrected chi connectivity index (χ0v) is 13.6. The molecule has 0 unspecified atom stereocenters. The highest BCUT2D eigenvalue weighted by Crippen LogP contribution is 2.24. The van der Waals surface area contributed by atoms with Gasteiger partial charge in [0.25, 0.3) is 5.91 Å². The van der Waals surface area contributed by atoms with Crippen molar-refractivity contribution in [2.24, 2.45) is 0 Å². The van der Waals surface area contributed by atoms with Gasteiger partial charge < -0.3 is 15.8 Å². The van der Waals surface area contributed by atoms with Gasteiger partial charge in [-0.25, -0.2) is 4.79 Å². The van der Waals surface area contributed by atoms with E-state index in [-0.39, 0.29) is 18.1 Å². The molecule has 0 heterocycles. The van der Waals surface area contributed by atoms with Gasteiger partial charge in [-0.15, -0.1) is 0 Å². The van der Waals surface area contributed by atoms with Crippen molar-refractivity contribution in [1.82, 2.24) is 0 Å². The Bertz CT molecular complexity index is 799. The molecular formula is C19H20N2O3. The molecule has 3 rings (SSSR count). The quantitative estimate of drug-likeness (QED) is 0.669. The molecule has 1 aliphatic rings. The third-order valence-corrected chi connectivity index (χ3v) is 4.26. The number of carbonyl (C=O) groups excluding carboxylic acids is 2. The number of nitrogens with one attached hydrogen (secondary N) is 1. The number of benzene rings is 2. The van der Waals surface area contributed by atoms with Gasteiger partial charge in [-0.3, -0.25) is 4.79 Å². The maximum Gasteiger partial charge on any atom is 0.340 e. The Labute approximate surface area is 140 Å². The number of hydrogen-bond acceptors (Lipinski definition) is 4. The van der Waals surface area contributed by atoms with E-state index in [4.69, 9.17) is 10.5 Å². The minimum Gasteiger partial charge on any atom is -0.452 e. The predicted octanol–water partition coefficient (Wildman–Crippen LogP) is 2.86. The first-order chi connectivity index (χ1) is 11.5. The largest absolute Gasteiger partial charge is 0.452 e. The van der Waals surface area contributed by atoms with Crippen LogP contribution in [-0.4, -0.2) is 18.5 Å². The van der Waals surface area contributed by atoms with E-state index in [1.807, 2.05) is 31.2 Å². The lowest BCUT2D eigenvalue weighted by Gasteiger charge is -2.10. The van der Waals surface area contributed by atoms with Crippen molar-refractivity contribution in [1.29, 1.82) is 0 Å². The molecule has 1 amide bonds. The summed E-state index contributed by atoms with van der Waals surface area (Å²) in [7, 11) is 0. The minimum atomic E-state index is -0.597. The molecule has 5 heteroatoms. The van der Waals surface area contributed by atoms with Gasteiger partial charge in [-0.1, -0.05) is 18.2 Å². The first-order valence-electron chi connectivity index (χ1n) is 7.98. The number of ether oxygens (including phenoxy) is 1. The summed E-state index contributed by atoms with van der Waals surface area (Å²) in [6.07, 6.45) is 3.29. The highest BCUT2D eigenvalue weighted by atomic mass is 16.5. The second-order valence-electron chi connectivity index (χ2n) is 6.00. The van der Waals surface area contributed by atoms with E-state index in [0.717, 1.165) is 30.5 Å². The number of anilines is 2. The molecule has 3 N–H and O–H groups in total. The van der Waals surface area contributed by atoms with Crippen molar-refractivity contribution >= 4 is 23.3 Å². The van der Waals surface area contributed by atoms with Gasteiger partial charge in [0.2, 0.25) is 0 Å². The molecule has 5 nitrogen and oxygen atoms in total. The maximum atomic E-state index is 12.0.